The van der Waals surface area contributed by atoms with E-state index in [1.807, 2.05) is 0 Å². The maximum Gasteiger partial charge on any atom is 0.300 e. The topological polar surface area (TPSA) is 117 Å². The Labute approximate surface area is 130 Å². The number of aromatic amines is 1. The Morgan fingerprint density at radius 3 is 2.73 bits per heavy atom. The van der Waals surface area contributed by atoms with Crippen LogP contribution in [-0.2, 0) is 24.8 Å². The highest BCUT2D eigenvalue weighted by molar-refractivity contribution is 6.28. The van der Waals surface area contributed by atoms with E-state index in [0.717, 1.165) is 24.6 Å². The fourth-order valence-corrected chi connectivity index (χ4v) is 2.11. The first-order valence-electron chi connectivity index (χ1n) is 6.45. The molecular weight excluding hydrogens is 312 g/mol. The lowest BCUT2D eigenvalue weighted by atomic mass is 10.1. The number of fused-ring (bicyclic) bond motifs is 1. The highest BCUT2D eigenvalue weighted by Crippen LogP contribution is 2.17. The summed E-state index contributed by atoms with van der Waals surface area (Å²) in [5.74, 6) is -0.904. The first-order chi connectivity index (χ1) is 10.4. The third-order valence-electron chi connectivity index (χ3n) is 2.99. The molecule has 0 bridgehead atoms. The fourth-order valence-electron chi connectivity index (χ4n) is 1.99. The number of H-pyrrole nitrogens is 1. The first kappa shape index (κ1) is 16.0. The van der Waals surface area contributed by atoms with E-state index in [9.17, 15) is 4.79 Å². The standard InChI is InChI=1S/C10H11ClN6O.C2H4O2/c1-16-10(11)13-8(15-16)9(18)17-3-2-7-6(5-17)4-12-14-7;1-2(3)4/h4H,2-3,5H2,1H3,(H,12,14);1H3,(H,3,4). The van der Waals surface area contributed by atoms with Crippen molar-refractivity contribution in [2.45, 2.75) is 19.9 Å². The molecule has 3 rings (SSSR count). The molecule has 9 nitrogen and oxygen atoms in total. The molecule has 1 aliphatic rings. The molecule has 10 heteroatoms. The minimum absolute atomic E-state index is 0.134. The van der Waals surface area contributed by atoms with Crippen molar-refractivity contribution in [3.8, 4) is 0 Å². The normalized spacial score (nSPS) is 13.1. The van der Waals surface area contributed by atoms with Gasteiger partial charge in [-0.15, -0.1) is 5.10 Å². The Morgan fingerprint density at radius 1 is 1.45 bits per heavy atom. The van der Waals surface area contributed by atoms with Crippen LogP contribution in [0.4, 0.5) is 0 Å². The van der Waals surface area contributed by atoms with Gasteiger partial charge in [0.25, 0.3) is 11.9 Å². The van der Waals surface area contributed by atoms with E-state index in [0.29, 0.717) is 13.1 Å². The predicted molar refractivity (Wildman–Crippen MR) is 76.4 cm³/mol. The van der Waals surface area contributed by atoms with Crippen molar-refractivity contribution in [2.24, 2.45) is 7.05 Å². The van der Waals surface area contributed by atoms with Gasteiger partial charge < -0.3 is 10.0 Å². The van der Waals surface area contributed by atoms with Crippen molar-refractivity contribution in [3.05, 3.63) is 28.6 Å². The lowest BCUT2D eigenvalue weighted by Gasteiger charge is -2.25. The molecule has 0 unspecified atom stereocenters. The number of carboxylic acid groups (broad SMARTS) is 1. The average Bonchev–Trinajstić information content (AvgIpc) is 3.04. The third kappa shape index (κ3) is 3.61. The van der Waals surface area contributed by atoms with Crippen molar-refractivity contribution in [1.82, 2.24) is 29.9 Å². The van der Waals surface area contributed by atoms with Crippen LogP contribution < -0.4 is 0 Å². The SMILES string of the molecule is CC(=O)O.Cn1nc(C(=O)N2CCc3[nH]ncc3C2)nc1Cl. The van der Waals surface area contributed by atoms with Gasteiger partial charge >= 0.3 is 0 Å². The van der Waals surface area contributed by atoms with Crippen LogP contribution >= 0.6 is 11.6 Å². The molecular formula is C12H15ClN6O3. The molecule has 3 heterocycles. The van der Waals surface area contributed by atoms with Crippen molar-refractivity contribution in [1.29, 1.82) is 0 Å². The number of carbonyl (C=O) groups is 2. The summed E-state index contributed by atoms with van der Waals surface area (Å²) < 4.78 is 1.38. The lowest BCUT2D eigenvalue weighted by Crippen LogP contribution is -2.36. The Kier molecular flexibility index (Phi) is 4.76. The second-order valence-electron chi connectivity index (χ2n) is 4.70. The molecule has 0 saturated heterocycles. The van der Waals surface area contributed by atoms with Crippen molar-refractivity contribution < 1.29 is 14.7 Å². The van der Waals surface area contributed by atoms with Crippen LogP contribution in [0.1, 0.15) is 28.8 Å². The highest BCUT2D eigenvalue weighted by Gasteiger charge is 2.25. The summed E-state index contributed by atoms with van der Waals surface area (Å²) >= 11 is 5.78. The van der Waals surface area contributed by atoms with Gasteiger partial charge in [0, 0.05) is 44.7 Å². The van der Waals surface area contributed by atoms with E-state index in [1.165, 1.54) is 4.68 Å². The number of aryl methyl sites for hydroxylation is 1. The number of hydrogen-bond acceptors (Lipinski definition) is 5. The van der Waals surface area contributed by atoms with Crippen LogP contribution in [0.5, 0.6) is 0 Å². The Bertz CT molecular complexity index is 671. The molecule has 1 aliphatic heterocycles. The maximum atomic E-state index is 12.2. The smallest absolute Gasteiger partial charge is 0.300 e. The number of nitrogens with one attached hydrogen (secondary N) is 1. The fraction of sp³-hybridized carbons (Fsp3) is 0.417. The van der Waals surface area contributed by atoms with Crippen molar-refractivity contribution >= 4 is 23.5 Å². The van der Waals surface area contributed by atoms with E-state index >= 15 is 0 Å². The van der Waals surface area contributed by atoms with Crippen molar-refractivity contribution in [3.63, 3.8) is 0 Å². The molecule has 0 atom stereocenters. The minimum atomic E-state index is -0.833. The number of carboxylic acids is 1. The largest absolute Gasteiger partial charge is 0.481 e. The molecule has 0 aromatic carbocycles. The van der Waals surface area contributed by atoms with Gasteiger partial charge in [-0.3, -0.25) is 14.7 Å². The molecule has 0 fully saturated rings. The number of carbonyl (C=O) groups excluding carboxylic acids is 1. The van der Waals surface area contributed by atoms with Crippen LogP contribution in [0.2, 0.25) is 5.28 Å². The Balaban J connectivity index is 0.000000396. The van der Waals surface area contributed by atoms with Gasteiger partial charge in [0.1, 0.15) is 0 Å². The number of aromatic nitrogens is 5. The van der Waals surface area contributed by atoms with Gasteiger partial charge in [-0.05, 0) is 11.6 Å². The van der Waals surface area contributed by atoms with Gasteiger partial charge in [-0.2, -0.15) is 10.1 Å². The van der Waals surface area contributed by atoms with E-state index in [1.54, 1.807) is 18.1 Å². The van der Waals surface area contributed by atoms with E-state index in [4.69, 9.17) is 21.5 Å². The number of amides is 1. The molecule has 0 saturated carbocycles. The number of aliphatic carboxylic acids is 1. The third-order valence-corrected chi connectivity index (χ3v) is 3.32. The van der Waals surface area contributed by atoms with Gasteiger partial charge in [0.05, 0.1) is 6.20 Å². The van der Waals surface area contributed by atoms with Crippen LogP contribution in [0.25, 0.3) is 0 Å². The summed E-state index contributed by atoms with van der Waals surface area (Å²) in [6, 6.07) is 0. The molecule has 118 valence electrons. The summed E-state index contributed by atoms with van der Waals surface area (Å²) in [6.07, 6.45) is 2.51. The zero-order valence-corrected chi connectivity index (χ0v) is 12.8. The summed E-state index contributed by atoms with van der Waals surface area (Å²) in [7, 11) is 1.65. The van der Waals surface area contributed by atoms with Crippen molar-refractivity contribution in [2.75, 3.05) is 6.54 Å². The molecule has 0 radical (unpaired) electrons. The van der Waals surface area contributed by atoms with E-state index in [2.05, 4.69) is 20.3 Å². The summed E-state index contributed by atoms with van der Waals surface area (Å²) in [4.78, 5) is 26.8. The van der Waals surface area contributed by atoms with Gasteiger partial charge in [0.15, 0.2) is 0 Å². The highest BCUT2D eigenvalue weighted by atomic mass is 35.5. The molecule has 2 N–H and O–H groups in total. The summed E-state index contributed by atoms with van der Waals surface area (Å²) in [5.41, 5.74) is 2.13. The number of rotatable bonds is 1. The second kappa shape index (κ2) is 6.56. The van der Waals surface area contributed by atoms with Crippen LogP contribution in [0.3, 0.4) is 0 Å². The van der Waals surface area contributed by atoms with Gasteiger partial charge in [-0.25, -0.2) is 4.68 Å². The van der Waals surface area contributed by atoms with E-state index < -0.39 is 5.97 Å². The maximum absolute atomic E-state index is 12.2. The Hall–Kier alpha value is -2.42. The molecule has 2 aromatic rings. The number of hydrogen-bond donors (Lipinski definition) is 2. The summed E-state index contributed by atoms with van der Waals surface area (Å²) in [5, 5.41) is 18.5. The molecule has 0 spiro atoms. The lowest BCUT2D eigenvalue weighted by molar-refractivity contribution is -0.134. The molecule has 0 aliphatic carbocycles. The monoisotopic (exact) mass is 326 g/mol. The molecule has 2 aromatic heterocycles. The molecule has 22 heavy (non-hydrogen) atoms. The summed E-state index contributed by atoms with van der Waals surface area (Å²) in [6.45, 7) is 2.24. The second-order valence-corrected chi connectivity index (χ2v) is 5.04. The van der Waals surface area contributed by atoms with E-state index in [-0.39, 0.29) is 17.0 Å². The average molecular weight is 327 g/mol. The van der Waals surface area contributed by atoms with Crippen LogP contribution in [0.15, 0.2) is 6.20 Å². The predicted octanol–water partition coefficient (Wildman–Crippen LogP) is 0.481. The Morgan fingerprint density at radius 2 is 2.14 bits per heavy atom. The number of halogens is 1. The molecule has 1 amide bonds. The quantitative estimate of drug-likeness (QED) is 0.787. The van der Waals surface area contributed by atoms with Gasteiger partial charge in [-0.1, -0.05) is 0 Å². The van der Waals surface area contributed by atoms with Crippen LogP contribution in [0, 0.1) is 0 Å². The number of nitrogens with zero attached hydrogens (tertiary/aromatic N) is 5. The van der Waals surface area contributed by atoms with Crippen LogP contribution in [-0.4, -0.2) is 53.4 Å². The zero-order valence-electron chi connectivity index (χ0n) is 12.1. The minimum Gasteiger partial charge on any atom is -0.481 e. The zero-order chi connectivity index (χ0) is 16.3. The van der Waals surface area contributed by atoms with Gasteiger partial charge in [0.2, 0.25) is 11.1 Å². The first-order valence-corrected chi connectivity index (χ1v) is 6.82.